The first-order valence-corrected chi connectivity index (χ1v) is 6.27. The molecule has 1 aromatic rings. The summed E-state index contributed by atoms with van der Waals surface area (Å²) in [6.07, 6.45) is 3.82. The van der Waals surface area contributed by atoms with Crippen LogP contribution in [0.15, 0.2) is 51.6 Å². The van der Waals surface area contributed by atoms with Gasteiger partial charge in [-0.1, -0.05) is 0 Å². The molecule has 1 unspecified atom stereocenters. The van der Waals surface area contributed by atoms with Gasteiger partial charge in [0.2, 0.25) is 0 Å². The second-order valence-corrected chi connectivity index (χ2v) is 5.09. The van der Waals surface area contributed by atoms with Crippen LogP contribution in [0.4, 0.5) is 5.69 Å². The summed E-state index contributed by atoms with van der Waals surface area (Å²) in [6.45, 7) is 1.94. The molecule has 1 atom stereocenters. The quantitative estimate of drug-likeness (QED) is 0.803. The molecule has 1 aliphatic heterocycles. The number of nitrogens with one attached hydrogen (secondary N) is 1. The average Bonchev–Trinajstić information content (AvgIpc) is 2.37. The predicted octanol–water partition coefficient (Wildman–Crippen LogP) is 1.24. The van der Waals surface area contributed by atoms with Crippen molar-refractivity contribution in [2.75, 3.05) is 19.0 Å². The van der Waals surface area contributed by atoms with Gasteiger partial charge in [0, 0.05) is 19.8 Å². The van der Waals surface area contributed by atoms with E-state index in [1.54, 1.807) is 0 Å². The Balaban J connectivity index is 2.19. The molecular weight excluding hydrogens is 236 g/mol. The molecule has 2 aliphatic rings. The summed E-state index contributed by atoms with van der Waals surface area (Å²) in [6, 6.07) is 6.05. The summed E-state index contributed by atoms with van der Waals surface area (Å²) in [7, 11) is 4.01. The zero-order valence-corrected chi connectivity index (χ0v) is 11.3. The van der Waals surface area contributed by atoms with Crippen molar-refractivity contribution in [2.45, 2.75) is 13.0 Å². The van der Waals surface area contributed by atoms with Crippen LogP contribution >= 0.6 is 0 Å². The summed E-state index contributed by atoms with van der Waals surface area (Å²) in [5.74, 6) is 0. The van der Waals surface area contributed by atoms with Gasteiger partial charge in [-0.2, -0.15) is 0 Å². The average molecular weight is 252 g/mol. The summed E-state index contributed by atoms with van der Waals surface area (Å²) in [4.78, 5) is 11.4. The molecule has 1 aliphatic carbocycles. The number of hydrogen-bond acceptors (Lipinski definition) is 4. The number of fused-ring (bicyclic) bond motifs is 2. The second kappa shape index (κ2) is 4.16. The molecule has 1 aromatic carbocycles. The number of hydrogen-bond donors (Lipinski definition) is 1. The van der Waals surface area contributed by atoms with Crippen molar-refractivity contribution in [3.63, 3.8) is 0 Å². The smallest absolute Gasteiger partial charge is 0.112 e. The van der Waals surface area contributed by atoms with Gasteiger partial charge in [-0.15, -0.1) is 0 Å². The van der Waals surface area contributed by atoms with Gasteiger partial charge in [0.15, 0.2) is 0 Å². The molecule has 0 saturated heterocycles. The SMILES string of the molecule is CC1=CC2N=c3ccc(N(C)C)cc3=NC2=CC1=N. The fourth-order valence-corrected chi connectivity index (χ4v) is 2.24. The third kappa shape index (κ3) is 1.99. The first kappa shape index (κ1) is 11.8. The van der Waals surface area contributed by atoms with E-state index in [1.165, 1.54) is 0 Å². The van der Waals surface area contributed by atoms with E-state index < -0.39 is 0 Å². The minimum Gasteiger partial charge on any atom is -0.378 e. The Morgan fingerprint density at radius 3 is 2.74 bits per heavy atom. The lowest BCUT2D eigenvalue weighted by molar-refractivity contribution is 0.833. The number of benzene rings is 1. The van der Waals surface area contributed by atoms with Crippen molar-refractivity contribution in [1.82, 2.24) is 0 Å². The van der Waals surface area contributed by atoms with Gasteiger partial charge < -0.3 is 10.3 Å². The van der Waals surface area contributed by atoms with Gasteiger partial charge in [-0.3, -0.25) is 4.99 Å². The van der Waals surface area contributed by atoms with Crippen molar-refractivity contribution >= 4 is 11.4 Å². The highest BCUT2D eigenvalue weighted by Gasteiger charge is 2.19. The first-order valence-electron chi connectivity index (χ1n) is 6.27. The summed E-state index contributed by atoms with van der Waals surface area (Å²) >= 11 is 0. The maximum absolute atomic E-state index is 7.86. The second-order valence-electron chi connectivity index (χ2n) is 5.09. The highest BCUT2D eigenvalue weighted by molar-refractivity contribution is 6.07. The van der Waals surface area contributed by atoms with Crippen LogP contribution in [0.2, 0.25) is 0 Å². The summed E-state index contributed by atoms with van der Waals surface area (Å²) < 4.78 is 0. The molecule has 1 heterocycles. The van der Waals surface area contributed by atoms with Gasteiger partial charge >= 0.3 is 0 Å². The Labute approximate surface area is 112 Å². The Hall–Kier alpha value is -2.23. The maximum Gasteiger partial charge on any atom is 0.112 e. The lowest BCUT2D eigenvalue weighted by atomic mass is 9.98. The van der Waals surface area contributed by atoms with Gasteiger partial charge in [0.1, 0.15) is 6.04 Å². The number of allylic oxidation sites excluding steroid dienone is 2. The van der Waals surface area contributed by atoms with Crippen molar-refractivity contribution in [1.29, 1.82) is 5.41 Å². The molecule has 0 amide bonds. The third-order valence-electron chi connectivity index (χ3n) is 3.43. The molecular formula is C15H16N4. The Bertz CT molecular complexity index is 738. The summed E-state index contributed by atoms with van der Waals surface area (Å²) in [5.41, 5.74) is 3.45. The molecule has 1 N–H and O–H groups in total. The van der Waals surface area contributed by atoms with Gasteiger partial charge in [-0.25, -0.2) is 4.99 Å². The van der Waals surface area contributed by atoms with Crippen molar-refractivity contribution in [3.05, 3.63) is 52.3 Å². The minimum atomic E-state index is -0.0354. The molecule has 4 nitrogen and oxygen atoms in total. The van der Waals surface area contributed by atoms with E-state index in [4.69, 9.17) is 10.4 Å². The monoisotopic (exact) mass is 252 g/mol. The van der Waals surface area contributed by atoms with E-state index in [2.05, 4.69) is 4.99 Å². The zero-order valence-electron chi connectivity index (χ0n) is 11.3. The van der Waals surface area contributed by atoms with Gasteiger partial charge in [0.05, 0.1) is 22.1 Å². The molecule has 0 saturated carbocycles. The lowest BCUT2D eigenvalue weighted by Crippen LogP contribution is -2.34. The predicted molar refractivity (Wildman–Crippen MR) is 76.4 cm³/mol. The molecule has 3 rings (SSSR count). The fraction of sp³-hybridized carbons (Fsp3) is 0.267. The fourth-order valence-electron chi connectivity index (χ4n) is 2.24. The van der Waals surface area contributed by atoms with E-state index in [-0.39, 0.29) is 6.04 Å². The molecule has 0 aromatic heterocycles. The van der Waals surface area contributed by atoms with Crippen molar-refractivity contribution in [2.24, 2.45) is 9.98 Å². The first-order chi connectivity index (χ1) is 9.04. The van der Waals surface area contributed by atoms with Crippen LogP contribution in [-0.4, -0.2) is 25.8 Å². The van der Waals surface area contributed by atoms with Gasteiger partial charge in [-0.05, 0) is 42.8 Å². The highest BCUT2D eigenvalue weighted by Crippen LogP contribution is 2.20. The van der Waals surface area contributed by atoms with Crippen LogP contribution in [0.1, 0.15) is 6.92 Å². The zero-order chi connectivity index (χ0) is 13.6. The van der Waals surface area contributed by atoms with Crippen LogP contribution in [-0.2, 0) is 0 Å². The highest BCUT2D eigenvalue weighted by atomic mass is 15.1. The number of anilines is 1. The molecule has 0 radical (unpaired) electrons. The normalized spacial score (nSPS) is 20.4. The molecule has 19 heavy (non-hydrogen) atoms. The van der Waals surface area contributed by atoms with Crippen LogP contribution < -0.4 is 15.6 Å². The Kier molecular flexibility index (Phi) is 2.59. The molecule has 0 fully saturated rings. The third-order valence-corrected chi connectivity index (χ3v) is 3.43. The Morgan fingerprint density at radius 2 is 2.00 bits per heavy atom. The van der Waals surface area contributed by atoms with Crippen LogP contribution in [0.25, 0.3) is 0 Å². The molecule has 4 heteroatoms. The minimum absolute atomic E-state index is 0.0354. The van der Waals surface area contributed by atoms with Crippen LogP contribution in [0, 0.1) is 5.41 Å². The lowest BCUT2D eigenvalue weighted by Gasteiger charge is -2.19. The molecule has 0 spiro atoms. The number of rotatable bonds is 1. The van der Waals surface area contributed by atoms with E-state index in [9.17, 15) is 0 Å². The largest absolute Gasteiger partial charge is 0.378 e. The standard InChI is InChI=1S/C15H16N4/c1-9-6-13-15(8-11(9)16)18-14-7-10(19(2)3)4-5-12(14)17-13/h4-8,13,16H,1-3H3. The van der Waals surface area contributed by atoms with E-state index >= 15 is 0 Å². The van der Waals surface area contributed by atoms with E-state index in [0.717, 1.165) is 27.7 Å². The van der Waals surface area contributed by atoms with Crippen molar-refractivity contribution in [3.8, 4) is 0 Å². The van der Waals surface area contributed by atoms with Crippen LogP contribution in [0.3, 0.4) is 0 Å². The van der Waals surface area contributed by atoms with Crippen LogP contribution in [0.5, 0.6) is 0 Å². The van der Waals surface area contributed by atoms with E-state index in [1.807, 2.05) is 56.3 Å². The summed E-state index contributed by atoms with van der Waals surface area (Å²) in [5, 5.41) is 9.66. The van der Waals surface area contributed by atoms with Gasteiger partial charge in [0.25, 0.3) is 0 Å². The number of nitrogens with zero attached hydrogens (tertiary/aromatic N) is 3. The topological polar surface area (TPSA) is 51.8 Å². The molecule has 0 bridgehead atoms. The molecule has 96 valence electrons. The maximum atomic E-state index is 7.86. The Morgan fingerprint density at radius 1 is 1.21 bits per heavy atom. The van der Waals surface area contributed by atoms with E-state index in [0.29, 0.717) is 5.71 Å². The van der Waals surface area contributed by atoms with Crippen molar-refractivity contribution < 1.29 is 0 Å².